The third kappa shape index (κ3) is 4.64. The second-order valence-electron chi connectivity index (χ2n) is 7.51. The fraction of sp³-hybridized carbons (Fsp3) is 0.417. The zero-order valence-electron chi connectivity index (χ0n) is 17.1. The molecule has 2 bridgehead atoms. The van der Waals surface area contributed by atoms with E-state index in [9.17, 15) is 0 Å². The molecule has 2 aliphatic heterocycles. The molecule has 5 nitrogen and oxygen atoms in total. The first-order valence-electron chi connectivity index (χ1n) is 10.2. The quantitative estimate of drug-likeness (QED) is 0.455. The van der Waals surface area contributed by atoms with Gasteiger partial charge in [0.1, 0.15) is 0 Å². The van der Waals surface area contributed by atoms with Crippen molar-refractivity contribution >= 4 is 0 Å². The molecule has 0 saturated carbocycles. The molecule has 29 heavy (non-hydrogen) atoms. The van der Waals surface area contributed by atoms with Crippen LogP contribution >= 0.6 is 0 Å². The van der Waals surface area contributed by atoms with Gasteiger partial charge in [0.25, 0.3) is 0 Å². The lowest BCUT2D eigenvalue weighted by Crippen LogP contribution is -2.30. The fourth-order valence-corrected chi connectivity index (χ4v) is 4.14. The maximum Gasteiger partial charge on any atom is 0.161 e. The van der Waals surface area contributed by atoms with Gasteiger partial charge in [0, 0.05) is 0 Å². The van der Waals surface area contributed by atoms with E-state index in [1.807, 2.05) is 24.3 Å². The molecule has 0 spiro atoms. The molecular weight excluding hydrogens is 366 g/mol. The summed E-state index contributed by atoms with van der Waals surface area (Å²) in [4.78, 5) is 6.10. The summed E-state index contributed by atoms with van der Waals surface area (Å²) in [6.45, 7) is 1.39. The van der Waals surface area contributed by atoms with Gasteiger partial charge in [-0.25, -0.2) is 0 Å². The molecule has 2 aliphatic rings. The van der Waals surface area contributed by atoms with Crippen LogP contribution in [0, 0.1) is 0 Å². The average Bonchev–Trinajstić information content (AvgIpc) is 3.37. The summed E-state index contributed by atoms with van der Waals surface area (Å²) in [5.74, 6) is 1.51. The zero-order valence-corrected chi connectivity index (χ0v) is 17.1. The van der Waals surface area contributed by atoms with Gasteiger partial charge in [0.2, 0.25) is 0 Å². The van der Waals surface area contributed by atoms with E-state index in [0.717, 1.165) is 37.4 Å². The Balaban J connectivity index is 1.29. The summed E-state index contributed by atoms with van der Waals surface area (Å²) in [5.41, 5.74) is 2.41. The minimum Gasteiger partial charge on any atom is -0.493 e. The van der Waals surface area contributed by atoms with Crippen LogP contribution in [0.3, 0.4) is 0 Å². The van der Waals surface area contributed by atoms with Gasteiger partial charge in [0.05, 0.1) is 45.6 Å². The molecule has 0 radical (unpaired) electrons. The Morgan fingerprint density at radius 2 is 1.86 bits per heavy atom. The molecule has 2 saturated heterocycles. The molecule has 0 N–H and O–H groups in total. The smallest absolute Gasteiger partial charge is 0.161 e. The number of hydroxylamine groups is 2. The predicted octanol–water partition coefficient (Wildman–Crippen LogP) is 4.69. The third-order valence-electron chi connectivity index (χ3n) is 5.59. The number of piperidine rings is 1. The maximum atomic E-state index is 6.10. The van der Waals surface area contributed by atoms with Crippen LogP contribution in [0.25, 0.3) is 0 Å². The van der Waals surface area contributed by atoms with Crippen molar-refractivity contribution in [2.24, 2.45) is 0 Å². The second kappa shape index (κ2) is 9.44. The van der Waals surface area contributed by atoms with Gasteiger partial charge < -0.3 is 14.2 Å². The Kier molecular flexibility index (Phi) is 6.49. The van der Waals surface area contributed by atoms with Crippen molar-refractivity contribution < 1.29 is 19.0 Å². The summed E-state index contributed by atoms with van der Waals surface area (Å²) >= 11 is 0. The van der Waals surface area contributed by atoms with E-state index in [0.29, 0.717) is 12.6 Å². The highest BCUT2D eigenvalue weighted by atomic mass is 16.7. The van der Waals surface area contributed by atoms with Crippen molar-refractivity contribution in [3.05, 3.63) is 71.8 Å². The highest BCUT2D eigenvalue weighted by Gasteiger charge is 2.45. The lowest BCUT2D eigenvalue weighted by molar-refractivity contribution is -0.126. The van der Waals surface area contributed by atoms with Gasteiger partial charge in [-0.2, -0.15) is 5.06 Å². The predicted molar refractivity (Wildman–Crippen MR) is 112 cm³/mol. The van der Waals surface area contributed by atoms with E-state index in [-0.39, 0.29) is 12.1 Å². The molecule has 0 aliphatic carbocycles. The molecule has 0 amide bonds. The standard InChI is InChI=1S/C24H29NO4/c1-26-23-12-11-19(14-24(23)27-2)22-16-21-15-20(25(22)29-21)10-6-7-13-28-17-18-8-4-3-5-9-18/h3-6,8-12,14,20-22H,7,13,15-17H2,1-2H3/b10-6-/t20-,21+,22-/m0/s1. The van der Waals surface area contributed by atoms with Crippen molar-refractivity contribution in [2.45, 2.75) is 44.1 Å². The van der Waals surface area contributed by atoms with E-state index in [2.05, 4.69) is 41.5 Å². The van der Waals surface area contributed by atoms with Gasteiger partial charge in [-0.3, -0.25) is 4.84 Å². The normalized spacial score (nSPS) is 25.6. The molecule has 5 heteroatoms. The first kappa shape index (κ1) is 20.0. The number of nitrogens with zero attached hydrogens (tertiary/aromatic N) is 1. The number of hydrogen-bond acceptors (Lipinski definition) is 5. The number of ether oxygens (including phenoxy) is 3. The van der Waals surface area contributed by atoms with Crippen molar-refractivity contribution in [1.82, 2.24) is 5.06 Å². The first-order chi connectivity index (χ1) is 14.3. The maximum absolute atomic E-state index is 6.10. The minimum atomic E-state index is 0.248. The molecule has 2 aromatic carbocycles. The minimum absolute atomic E-state index is 0.248. The van der Waals surface area contributed by atoms with E-state index >= 15 is 0 Å². The Morgan fingerprint density at radius 3 is 2.62 bits per heavy atom. The van der Waals surface area contributed by atoms with Crippen LogP contribution in [0.4, 0.5) is 0 Å². The Labute approximate surface area is 172 Å². The van der Waals surface area contributed by atoms with Crippen molar-refractivity contribution in [3.8, 4) is 11.5 Å². The van der Waals surface area contributed by atoms with Crippen LogP contribution in [0.2, 0.25) is 0 Å². The van der Waals surface area contributed by atoms with Crippen LogP contribution in [0.1, 0.15) is 36.4 Å². The number of benzene rings is 2. The van der Waals surface area contributed by atoms with Crippen LogP contribution in [0.5, 0.6) is 11.5 Å². The summed E-state index contributed by atoms with van der Waals surface area (Å²) in [7, 11) is 3.33. The highest BCUT2D eigenvalue weighted by Crippen LogP contribution is 2.45. The lowest BCUT2D eigenvalue weighted by atomic mass is 9.92. The molecule has 154 valence electrons. The number of fused-ring (bicyclic) bond motifs is 2. The molecular formula is C24H29NO4. The van der Waals surface area contributed by atoms with Gasteiger partial charge >= 0.3 is 0 Å². The Bertz CT molecular complexity index is 823. The van der Waals surface area contributed by atoms with E-state index in [4.69, 9.17) is 19.0 Å². The summed E-state index contributed by atoms with van der Waals surface area (Å²) in [6, 6.07) is 17.0. The third-order valence-corrected chi connectivity index (χ3v) is 5.59. The molecule has 0 aromatic heterocycles. The summed E-state index contributed by atoms with van der Waals surface area (Å²) in [5, 5.41) is 2.15. The van der Waals surface area contributed by atoms with Crippen LogP contribution in [-0.4, -0.2) is 38.0 Å². The number of methoxy groups -OCH3 is 2. The molecule has 1 unspecified atom stereocenters. The Hall–Kier alpha value is -2.34. The zero-order chi connectivity index (χ0) is 20.1. The number of hydrogen-bond donors (Lipinski definition) is 0. The van der Waals surface area contributed by atoms with Crippen molar-refractivity contribution in [2.75, 3.05) is 20.8 Å². The summed E-state index contributed by atoms with van der Waals surface area (Å²) in [6.07, 6.45) is 7.73. The van der Waals surface area contributed by atoms with E-state index < -0.39 is 0 Å². The van der Waals surface area contributed by atoms with Crippen LogP contribution in [0.15, 0.2) is 60.7 Å². The molecule has 4 rings (SSSR count). The number of rotatable bonds is 9. The molecule has 2 aromatic rings. The molecule has 2 fully saturated rings. The monoisotopic (exact) mass is 395 g/mol. The highest BCUT2D eigenvalue weighted by molar-refractivity contribution is 5.44. The van der Waals surface area contributed by atoms with Crippen LogP contribution in [-0.2, 0) is 16.2 Å². The topological polar surface area (TPSA) is 40.2 Å². The SMILES string of the molecule is COc1ccc([C@@H]2C[C@H]3C[C@H](/C=C\CCOCc4ccccc4)N2O3)cc1OC. The summed E-state index contributed by atoms with van der Waals surface area (Å²) < 4.78 is 16.6. The molecule has 4 atom stereocenters. The van der Waals surface area contributed by atoms with Crippen molar-refractivity contribution in [1.29, 1.82) is 0 Å². The van der Waals surface area contributed by atoms with Crippen molar-refractivity contribution in [3.63, 3.8) is 0 Å². The first-order valence-corrected chi connectivity index (χ1v) is 10.2. The van der Waals surface area contributed by atoms with Gasteiger partial charge in [-0.1, -0.05) is 48.6 Å². The molecule has 2 heterocycles. The largest absolute Gasteiger partial charge is 0.493 e. The van der Waals surface area contributed by atoms with E-state index in [1.165, 1.54) is 11.1 Å². The second-order valence-corrected chi connectivity index (χ2v) is 7.51. The fourth-order valence-electron chi connectivity index (χ4n) is 4.14. The van der Waals surface area contributed by atoms with E-state index in [1.54, 1.807) is 14.2 Å². The van der Waals surface area contributed by atoms with Crippen LogP contribution < -0.4 is 9.47 Å². The lowest BCUT2D eigenvalue weighted by Gasteiger charge is -2.28. The van der Waals surface area contributed by atoms with Gasteiger partial charge in [0.15, 0.2) is 11.5 Å². The van der Waals surface area contributed by atoms with Gasteiger partial charge in [-0.15, -0.1) is 0 Å². The Morgan fingerprint density at radius 1 is 1.03 bits per heavy atom. The van der Waals surface area contributed by atoms with Gasteiger partial charge in [-0.05, 0) is 42.5 Å². The average molecular weight is 395 g/mol.